The molecule has 0 radical (unpaired) electrons. The Kier molecular flexibility index (Phi) is 3.47. The highest BCUT2D eigenvalue weighted by molar-refractivity contribution is 5.79. The van der Waals surface area contributed by atoms with Gasteiger partial charge in [-0.3, -0.25) is 9.48 Å². The fourth-order valence-corrected chi connectivity index (χ4v) is 1.51. The molecule has 1 aromatic rings. The number of rotatable bonds is 2. The van der Waals surface area contributed by atoms with Crippen molar-refractivity contribution in [1.29, 1.82) is 0 Å². The Bertz CT molecular complexity index is 465. The number of carboxylic acid groups (broad SMARTS) is 1. The summed E-state index contributed by atoms with van der Waals surface area (Å²) in [5, 5.41) is 12.9. The molecular formula is C12H17F3N2O2. The van der Waals surface area contributed by atoms with Crippen molar-refractivity contribution in [3.05, 3.63) is 17.5 Å². The fraction of sp³-hybridized carbons (Fsp3) is 0.667. The number of carboxylic acids is 1. The second kappa shape index (κ2) is 4.25. The average Bonchev–Trinajstić information content (AvgIpc) is 2.60. The second-order valence-electron chi connectivity index (χ2n) is 5.93. The first-order valence-electron chi connectivity index (χ1n) is 5.69. The average molecular weight is 278 g/mol. The minimum absolute atomic E-state index is 0.109. The maximum Gasteiger partial charge on any atom is 0.433 e. The number of alkyl halides is 3. The van der Waals surface area contributed by atoms with Gasteiger partial charge in [0.15, 0.2) is 0 Å². The number of halogens is 3. The highest BCUT2D eigenvalue weighted by Crippen LogP contribution is 2.35. The predicted octanol–water partition coefficient (Wildman–Crippen LogP) is 3.02. The first kappa shape index (κ1) is 15.5. The van der Waals surface area contributed by atoms with Crippen LogP contribution in [0.5, 0.6) is 0 Å². The van der Waals surface area contributed by atoms with E-state index in [0.717, 1.165) is 10.7 Å². The minimum Gasteiger partial charge on any atom is -0.481 e. The predicted molar refractivity (Wildman–Crippen MR) is 62.9 cm³/mol. The molecule has 7 heteroatoms. The molecule has 0 aliphatic heterocycles. The molecule has 0 aromatic carbocycles. The van der Waals surface area contributed by atoms with Crippen molar-refractivity contribution >= 4 is 5.97 Å². The van der Waals surface area contributed by atoms with Crippen LogP contribution in [-0.2, 0) is 21.9 Å². The molecule has 1 N–H and O–H groups in total. The highest BCUT2D eigenvalue weighted by atomic mass is 19.4. The van der Waals surface area contributed by atoms with Crippen molar-refractivity contribution in [2.75, 3.05) is 0 Å². The third-order valence-corrected chi connectivity index (χ3v) is 2.81. The van der Waals surface area contributed by atoms with E-state index >= 15 is 0 Å². The summed E-state index contributed by atoms with van der Waals surface area (Å²) in [6.45, 7) is 7.38. The first-order valence-corrected chi connectivity index (χ1v) is 5.69. The molecule has 4 nitrogen and oxygen atoms in total. The summed E-state index contributed by atoms with van der Waals surface area (Å²) in [4.78, 5) is 11.1. The monoisotopic (exact) mass is 278 g/mol. The van der Waals surface area contributed by atoms with Gasteiger partial charge in [-0.05, 0) is 40.7 Å². The van der Waals surface area contributed by atoms with Gasteiger partial charge < -0.3 is 5.11 Å². The van der Waals surface area contributed by atoms with E-state index in [-0.39, 0.29) is 5.69 Å². The van der Waals surface area contributed by atoms with Gasteiger partial charge in [0.25, 0.3) is 0 Å². The summed E-state index contributed by atoms with van der Waals surface area (Å²) >= 11 is 0. The summed E-state index contributed by atoms with van der Waals surface area (Å²) in [7, 11) is 0. The summed E-state index contributed by atoms with van der Waals surface area (Å²) in [5.74, 6) is -1.22. The maximum absolute atomic E-state index is 13.0. The second-order valence-corrected chi connectivity index (χ2v) is 5.93. The molecule has 1 aromatic heterocycles. The summed E-state index contributed by atoms with van der Waals surface area (Å²) < 4.78 is 39.7. The fourth-order valence-electron chi connectivity index (χ4n) is 1.51. The molecule has 0 atom stereocenters. The van der Waals surface area contributed by atoms with Gasteiger partial charge in [0, 0.05) is 0 Å². The molecule has 0 aliphatic rings. The Hall–Kier alpha value is -1.53. The molecule has 0 spiro atoms. The van der Waals surface area contributed by atoms with Gasteiger partial charge >= 0.3 is 12.1 Å². The molecule has 1 heterocycles. The van der Waals surface area contributed by atoms with Gasteiger partial charge in [0.1, 0.15) is 11.1 Å². The number of aliphatic carboxylic acids is 1. The molecule has 0 aliphatic carbocycles. The maximum atomic E-state index is 13.0. The minimum atomic E-state index is -4.58. The van der Waals surface area contributed by atoms with Crippen molar-refractivity contribution in [2.45, 2.75) is 51.7 Å². The van der Waals surface area contributed by atoms with Crippen molar-refractivity contribution in [3.63, 3.8) is 0 Å². The SMILES string of the molecule is CC(C)(C(=O)O)c1cc(C(F)(F)F)n(C(C)(C)C)n1. The standard InChI is InChI=1S/C12H17F3N2O2/c1-10(2,3)17-8(12(13,14)15)6-7(16-17)11(4,5)9(18)19/h6H,1-5H3,(H,18,19). The van der Waals surface area contributed by atoms with Crippen LogP contribution in [0.1, 0.15) is 46.0 Å². The van der Waals surface area contributed by atoms with Crippen molar-refractivity contribution in [2.24, 2.45) is 0 Å². The van der Waals surface area contributed by atoms with Crippen LogP contribution in [0.2, 0.25) is 0 Å². The number of hydrogen-bond donors (Lipinski definition) is 1. The number of nitrogens with zero attached hydrogens (tertiary/aromatic N) is 2. The van der Waals surface area contributed by atoms with E-state index in [2.05, 4.69) is 5.10 Å². The Morgan fingerprint density at radius 2 is 1.68 bits per heavy atom. The molecule has 0 unspecified atom stereocenters. The number of carbonyl (C=O) groups is 1. The highest BCUT2D eigenvalue weighted by Gasteiger charge is 2.42. The Labute approximate surface area is 109 Å². The van der Waals surface area contributed by atoms with Crippen LogP contribution in [0.3, 0.4) is 0 Å². The molecular weight excluding hydrogens is 261 g/mol. The molecule has 0 bridgehead atoms. The van der Waals surface area contributed by atoms with Crippen LogP contribution in [-0.4, -0.2) is 20.9 Å². The van der Waals surface area contributed by atoms with Crippen LogP contribution >= 0.6 is 0 Å². The van der Waals surface area contributed by atoms with Gasteiger partial charge in [-0.25, -0.2) is 0 Å². The largest absolute Gasteiger partial charge is 0.481 e. The molecule has 108 valence electrons. The molecule has 0 saturated heterocycles. The Morgan fingerprint density at radius 1 is 1.21 bits per heavy atom. The lowest BCUT2D eigenvalue weighted by Crippen LogP contribution is -2.31. The van der Waals surface area contributed by atoms with Crippen LogP contribution in [0, 0.1) is 0 Å². The topological polar surface area (TPSA) is 55.1 Å². The smallest absolute Gasteiger partial charge is 0.433 e. The van der Waals surface area contributed by atoms with E-state index in [0.29, 0.717) is 0 Å². The molecule has 0 saturated carbocycles. The zero-order chi connectivity index (χ0) is 15.2. The van der Waals surface area contributed by atoms with E-state index < -0.39 is 28.8 Å². The van der Waals surface area contributed by atoms with Gasteiger partial charge in [0.2, 0.25) is 0 Å². The van der Waals surface area contributed by atoms with Crippen LogP contribution in [0.4, 0.5) is 13.2 Å². The van der Waals surface area contributed by atoms with E-state index in [1.807, 2.05) is 0 Å². The van der Waals surface area contributed by atoms with E-state index in [1.165, 1.54) is 13.8 Å². The van der Waals surface area contributed by atoms with E-state index in [9.17, 15) is 18.0 Å². The third-order valence-electron chi connectivity index (χ3n) is 2.81. The van der Waals surface area contributed by atoms with E-state index in [1.54, 1.807) is 20.8 Å². The summed E-state index contributed by atoms with van der Waals surface area (Å²) in [6.07, 6.45) is -4.58. The van der Waals surface area contributed by atoms with E-state index in [4.69, 9.17) is 5.11 Å². The Balaban J connectivity index is 3.51. The molecule has 19 heavy (non-hydrogen) atoms. The molecule has 0 amide bonds. The number of hydrogen-bond acceptors (Lipinski definition) is 2. The lowest BCUT2D eigenvalue weighted by atomic mass is 9.89. The van der Waals surface area contributed by atoms with Crippen LogP contribution < -0.4 is 0 Å². The van der Waals surface area contributed by atoms with Gasteiger partial charge in [-0.15, -0.1) is 0 Å². The van der Waals surface area contributed by atoms with Crippen molar-refractivity contribution in [1.82, 2.24) is 9.78 Å². The quantitative estimate of drug-likeness (QED) is 0.904. The third kappa shape index (κ3) is 2.90. The van der Waals surface area contributed by atoms with Crippen molar-refractivity contribution in [3.8, 4) is 0 Å². The summed E-state index contributed by atoms with van der Waals surface area (Å²) in [6, 6.07) is 0.805. The van der Waals surface area contributed by atoms with Crippen LogP contribution in [0.15, 0.2) is 6.07 Å². The molecule has 0 fully saturated rings. The lowest BCUT2D eigenvalue weighted by Gasteiger charge is -2.23. The lowest BCUT2D eigenvalue weighted by molar-refractivity contribution is -0.146. The number of aromatic nitrogens is 2. The van der Waals surface area contributed by atoms with Crippen LogP contribution in [0.25, 0.3) is 0 Å². The first-order chi connectivity index (χ1) is 8.28. The summed E-state index contributed by atoms with van der Waals surface area (Å²) in [5.41, 5.74) is -3.42. The normalized spacial score (nSPS) is 13.7. The Morgan fingerprint density at radius 3 is 1.95 bits per heavy atom. The van der Waals surface area contributed by atoms with Gasteiger partial charge in [-0.2, -0.15) is 18.3 Å². The zero-order valence-electron chi connectivity index (χ0n) is 11.5. The zero-order valence-corrected chi connectivity index (χ0v) is 11.5. The van der Waals surface area contributed by atoms with Gasteiger partial charge in [-0.1, -0.05) is 0 Å². The molecule has 1 rings (SSSR count). The van der Waals surface area contributed by atoms with Crippen molar-refractivity contribution < 1.29 is 23.1 Å². The van der Waals surface area contributed by atoms with Gasteiger partial charge in [0.05, 0.1) is 11.2 Å².